The van der Waals surface area contributed by atoms with Crippen molar-refractivity contribution in [1.29, 1.82) is 0 Å². The molecule has 1 aliphatic rings. The molecule has 1 aromatic carbocycles. The summed E-state index contributed by atoms with van der Waals surface area (Å²) < 4.78 is 45.2. The molecule has 1 saturated heterocycles. The van der Waals surface area contributed by atoms with Gasteiger partial charge in [0, 0.05) is 25.9 Å². The Bertz CT molecular complexity index is 1550. The van der Waals surface area contributed by atoms with Crippen molar-refractivity contribution < 1.29 is 18.0 Å². The number of amides is 1. The molecular formula is C24H20F3N7O. The number of halogens is 3. The van der Waals surface area contributed by atoms with Crippen LogP contribution in [0.3, 0.4) is 0 Å². The van der Waals surface area contributed by atoms with E-state index >= 15 is 0 Å². The number of pyridine rings is 1. The third-order valence-corrected chi connectivity index (χ3v) is 6.20. The van der Waals surface area contributed by atoms with Gasteiger partial charge in [0.2, 0.25) is 5.91 Å². The van der Waals surface area contributed by atoms with Crippen LogP contribution < -0.4 is 5.73 Å². The van der Waals surface area contributed by atoms with Crippen molar-refractivity contribution in [1.82, 2.24) is 29.2 Å². The molecule has 0 spiro atoms. The van der Waals surface area contributed by atoms with Crippen LogP contribution in [0.25, 0.3) is 21.9 Å². The van der Waals surface area contributed by atoms with Gasteiger partial charge in [0.05, 0.1) is 45.9 Å². The summed E-state index contributed by atoms with van der Waals surface area (Å²) in [6, 6.07) is 2.74. The van der Waals surface area contributed by atoms with Crippen molar-refractivity contribution in [2.24, 2.45) is 7.05 Å². The molecule has 0 aliphatic carbocycles. The molecule has 2 atom stereocenters. The Hall–Kier alpha value is -4.33. The maximum absolute atomic E-state index is 14.7. The first-order valence-electron chi connectivity index (χ1n) is 10.7. The molecule has 1 fully saturated rings. The molecule has 1 unspecified atom stereocenters. The van der Waals surface area contributed by atoms with Crippen molar-refractivity contribution in [3.8, 4) is 11.8 Å². The fraction of sp³-hybridized carbons (Fsp3) is 0.250. The van der Waals surface area contributed by atoms with Gasteiger partial charge in [-0.2, -0.15) is 5.10 Å². The van der Waals surface area contributed by atoms with E-state index in [-0.39, 0.29) is 30.0 Å². The minimum atomic E-state index is -2.72. The maximum Gasteiger partial charge on any atom is 0.258 e. The van der Waals surface area contributed by atoms with Gasteiger partial charge in [-0.1, -0.05) is 12.5 Å². The molecule has 3 aromatic heterocycles. The Labute approximate surface area is 197 Å². The molecule has 0 radical (unpaired) electrons. The summed E-state index contributed by atoms with van der Waals surface area (Å²) in [5.74, 6) is 4.71. The van der Waals surface area contributed by atoms with E-state index in [1.807, 2.05) is 0 Å². The second-order valence-corrected chi connectivity index (χ2v) is 8.30. The van der Waals surface area contributed by atoms with Gasteiger partial charge in [0.1, 0.15) is 17.3 Å². The highest BCUT2D eigenvalue weighted by Gasteiger charge is 2.41. The monoisotopic (exact) mass is 479 g/mol. The fourth-order valence-corrected chi connectivity index (χ4v) is 4.48. The fourth-order valence-electron chi connectivity index (χ4n) is 4.48. The molecule has 0 bridgehead atoms. The average molecular weight is 479 g/mol. The lowest BCUT2D eigenvalue weighted by molar-refractivity contribution is -0.129. The summed E-state index contributed by atoms with van der Waals surface area (Å²) in [6.07, 6.45) is 1.35. The van der Waals surface area contributed by atoms with Gasteiger partial charge in [0.15, 0.2) is 0 Å². The van der Waals surface area contributed by atoms with Crippen LogP contribution in [0.5, 0.6) is 0 Å². The molecule has 2 N–H and O–H groups in total. The number of aromatic nitrogens is 5. The summed E-state index contributed by atoms with van der Waals surface area (Å²) in [7, 11) is 1.76. The van der Waals surface area contributed by atoms with Gasteiger partial charge in [0.25, 0.3) is 6.43 Å². The van der Waals surface area contributed by atoms with Crippen LogP contribution in [0.4, 0.5) is 19.0 Å². The smallest absolute Gasteiger partial charge is 0.258 e. The first kappa shape index (κ1) is 22.5. The Morgan fingerprint density at radius 2 is 2.09 bits per heavy atom. The lowest BCUT2D eigenvalue weighted by Crippen LogP contribution is -2.38. The number of carbonyl (C=O) groups excluding carboxylic acids is 1. The number of likely N-dealkylation sites (tertiary alicyclic amines) is 1. The van der Waals surface area contributed by atoms with Crippen molar-refractivity contribution in [3.63, 3.8) is 0 Å². The molecular weight excluding hydrogens is 459 g/mol. The first-order chi connectivity index (χ1) is 16.8. The standard InChI is InChI=1S/C24H20F3N7O/c1-3-21(35)33-11-14(9-20(33)23(26)27)34-18-6-7-29-24(28)22(18)16(31-34)5-4-13-8-17-19(10-15(13)25)32(2)12-30-17/h3,6-8,10,12,14,20,23H,1,9,11H2,2H3,(H2,28,29)/t14?,20-/m1/s1. The van der Waals surface area contributed by atoms with Crippen molar-refractivity contribution >= 4 is 33.7 Å². The minimum absolute atomic E-state index is 0.00586. The van der Waals surface area contributed by atoms with E-state index in [4.69, 9.17) is 5.73 Å². The summed E-state index contributed by atoms with van der Waals surface area (Å²) in [5.41, 5.74) is 8.21. The highest BCUT2D eigenvalue weighted by Crippen LogP contribution is 2.34. The predicted octanol–water partition coefficient (Wildman–Crippen LogP) is 3.03. The number of benzene rings is 1. The average Bonchev–Trinajstić information content (AvgIpc) is 3.53. The van der Waals surface area contributed by atoms with E-state index in [1.54, 1.807) is 34.8 Å². The quantitative estimate of drug-likeness (QED) is 0.360. The Balaban J connectivity index is 1.58. The number of hydrogen-bond acceptors (Lipinski definition) is 5. The lowest BCUT2D eigenvalue weighted by Gasteiger charge is -2.21. The number of hydrogen-bond donors (Lipinski definition) is 1. The van der Waals surface area contributed by atoms with E-state index in [2.05, 4.69) is 33.5 Å². The SMILES string of the molecule is C=CC(=O)N1CC(n2nc(C#Cc3cc4ncn(C)c4cc3F)c3c(N)nccc32)C[C@@H]1C(F)F. The van der Waals surface area contributed by atoms with Gasteiger partial charge in [-0.3, -0.25) is 9.48 Å². The van der Waals surface area contributed by atoms with E-state index < -0.39 is 30.2 Å². The molecule has 4 aromatic rings. The van der Waals surface area contributed by atoms with Crippen molar-refractivity contribution in [3.05, 3.63) is 60.5 Å². The predicted molar refractivity (Wildman–Crippen MR) is 124 cm³/mol. The normalized spacial score (nSPS) is 17.8. The van der Waals surface area contributed by atoms with Crippen LogP contribution in [0, 0.1) is 17.7 Å². The molecule has 11 heteroatoms. The van der Waals surface area contributed by atoms with Crippen molar-refractivity contribution in [2.45, 2.75) is 24.9 Å². The number of alkyl halides is 2. The number of imidazole rings is 1. The lowest BCUT2D eigenvalue weighted by atomic mass is 10.1. The van der Waals surface area contributed by atoms with Gasteiger partial charge < -0.3 is 15.2 Å². The second-order valence-electron chi connectivity index (χ2n) is 8.30. The molecule has 1 aliphatic heterocycles. The van der Waals surface area contributed by atoms with Crippen LogP contribution >= 0.6 is 0 Å². The molecule has 4 heterocycles. The van der Waals surface area contributed by atoms with Gasteiger partial charge in [-0.15, -0.1) is 0 Å². The van der Waals surface area contributed by atoms with Crippen LogP contribution in [0.2, 0.25) is 0 Å². The molecule has 178 valence electrons. The number of anilines is 1. The third kappa shape index (κ3) is 3.77. The molecule has 0 saturated carbocycles. The third-order valence-electron chi connectivity index (χ3n) is 6.20. The largest absolute Gasteiger partial charge is 0.383 e. The molecule has 1 amide bonds. The van der Waals surface area contributed by atoms with Crippen LogP contribution in [0.1, 0.15) is 23.7 Å². The molecule has 35 heavy (non-hydrogen) atoms. The number of aryl methyl sites for hydroxylation is 1. The number of carbonyl (C=O) groups is 1. The molecule has 8 nitrogen and oxygen atoms in total. The van der Waals surface area contributed by atoms with Crippen molar-refractivity contribution in [2.75, 3.05) is 12.3 Å². The minimum Gasteiger partial charge on any atom is -0.383 e. The Morgan fingerprint density at radius 1 is 1.29 bits per heavy atom. The van der Waals surface area contributed by atoms with E-state index in [1.165, 1.54) is 12.3 Å². The van der Waals surface area contributed by atoms with Crippen LogP contribution in [-0.4, -0.2) is 54.1 Å². The maximum atomic E-state index is 14.7. The number of fused-ring (bicyclic) bond motifs is 2. The zero-order valence-electron chi connectivity index (χ0n) is 18.6. The Kier molecular flexibility index (Phi) is 5.43. The van der Waals surface area contributed by atoms with E-state index in [0.29, 0.717) is 21.9 Å². The highest BCUT2D eigenvalue weighted by atomic mass is 19.3. The van der Waals surface area contributed by atoms with E-state index in [9.17, 15) is 18.0 Å². The summed E-state index contributed by atoms with van der Waals surface area (Å²) in [4.78, 5) is 21.6. The Morgan fingerprint density at radius 3 is 2.83 bits per heavy atom. The topological polar surface area (TPSA) is 94.9 Å². The van der Waals surface area contributed by atoms with Crippen LogP contribution in [-0.2, 0) is 11.8 Å². The number of nitrogens with two attached hydrogens (primary N) is 1. The summed E-state index contributed by atoms with van der Waals surface area (Å²) in [5, 5.41) is 4.96. The second kappa shape index (κ2) is 8.47. The zero-order chi connectivity index (χ0) is 24.9. The van der Waals surface area contributed by atoms with E-state index in [0.717, 1.165) is 11.0 Å². The highest BCUT2D eigenvalue weighted by molar-refractivity contribution is 5.93. The number of nitrogen functional groups attached to an aromatic ring is 1. The van der Waals surface area contributed by atoms with Gasteiger partial charge >= 0.3 is 0 Å². The number of nitrogens with zero attached hydrogens (tertiary/aromatic N) is 6. The van der Waals surface area contributed by atoms with Gasteiger partial charge in [-0.05, 0) is 30.6 Å². The van der Waals surface area contributed by atoms with Gasteiger partial charge in [-0.25, -0.2) is 23.1 Å². The zero-order valence-corrected chi connectivity index (χ0v) is 18.6. The summed E-state index contributed by atoms with van der Waals surface area (Å²) in [6.45, 7) is 3.43. The number of rotatable bonds is 3. The van der Waals surface area contributed by atoms with Crippen LogP contribution in [0.15, 0.2) is 43.4 Å². The molecule has 5 rings (SSSR count). The first-order valence-corrected chi connectivity index (χ1v) is 10.7. The summed E-state index contributed by atoms with van der Waals surface area (Å²) >= 11 is 0.